The lowest BCUT2D eigenvalue weighted by Gasteiger charge is -2.12. The lowest BCUT2D eigenvalue weighted by Crippen LogP contribution is -2.25. The zero-order valence-electron chi connectivity index (χ0n) is 21.9. The molecule has 0 bridgehead atoms. The van der Waals surface area contributed by atoms with E-state index in [0.717, 1.165) is 82.8 Å². The Hall–Kier alpha value is -3.78. The normalized spacial score (nSPS) is 11.1. The Balaban J connectivity index is 1.45. The van der Waals surface area contributed by atoms with Crippen molar-refractivity contribution in [3.8, 4) is 28.4 Å². The summed E-state index contributed by atoms with van der Waals surface area (Å²) in [5, 5.41) is 11.8. The summed E-state index contributed by atoms with van der Waals surface area (Å²) in [5.41, 5.74) is 6.89. The van der Waals surface area contributed by atoms with Crippen LogP contribution in [0.25, 0.3) is 16.8 Å². The molecule has 4 rings (SSSR count). The number of rotatable bonds is 11. The third-order valence-corrected chi connectivity index (χ3v) is 6.24. The average Bonchev–Trinajstić information content (AvgIpc) is 3.21. The van der Waals surface area contributed by atoms with Crippen molar-refractivity contribution in [2.24, 2.45) is 0 Å². The lowest BCUT2D eigenvalue weighted by molar-refractivity contribution is 0.395. The van der Waals surface area contributed by atoms with E-state index in [0.29, 0.717) is 0 Å². The molecule has 0 saturated carbocycles. The van der Waals surface area contributed by atoms with Crippen LogP contribution in [0.4, 0.5) is 5.82 Å². The first-order valence-corrected chi connectivity index (χ1v) is 12.1. The van der Waals surface area contributed by atoms with Crippen LogP contribution in [0.2, 0.25) is 0 Å². The molecule has 8 nitrogen and oxygen atoms in total. The van der Waals surface area contributed by atoms with Gasteiger partial charge >= 0.3 is 0 Å². The standard InChI is InChI=1S/C28H35N5O3/c1-18-7-8-21(16-24(18)35-5)11-12-29-13-14-30-26-15-19(2)31-28-27(20(3)32-33(26)28)23-10-9-22(34-4)17-25(23)36-6/h7-10,15-17,29-30H,11-14H2,1-6H3. The van der Waals surface area contributed by atoms with E-state index in [1.54, 1.807) is 21.3 Å². The molecule has 8 heteroatoms. The third-order valence-electron chi connectivity index (χ3n) is 6.24. The van der Waals surface area contributed by atoms with Gasteiger partial charge in [-0.3, -0.25) is 0 Å². The van der Waals surface area contributed by atoms with Gasteiger partial charge in [0.2, 0.25) is 0 Å². The van der Waals surface area contributed by atoms with E-state index >= 15 is 0 Å². The first-order valence-electron chi connectivity index (χ1n) is 12.1. The first-order chi connectivity index (χ1) is 17.4. The lowest BCUT2D eigenvalue weighted by atomic mass is 10.0. The van der Waals surface area contributed by atoms with Crippen LogP contribution in [-0.4, -0.2) is 55.6 Å². The predicted octanol–water partition coefficient (Wildman–Crippen LogP) is 4.59. The minimum atomic E-state index is 0.723. The molecule has 2 N–H and O–H groups in total. The number of hydrogen-bond acceptors (Lipinski definition) is 7. The quantitative estimate of drug-likeness (QED) is 0.298. The first kappa shape index (κ1) is 25.3. The number of aromatic nitrogens is 3. The van der Waals surface area contributed by atoms with E-state index in [2.05, 4.69) is 35.8 Å². The maximum Gasteiger partial charge on any atom is 0.165 e. The Morgan fingerprint density at radius 3 is 2.39 bits per heavy atom. The molecule has 0 fully saturated rings. The summed E-state index contributed by atoms with van der Waals surface area (Å²) >= 11 is 0. The Morgan fingerprint density at radius 2 is 1.64 bits per heavy atom. The van der Waals surface area contributed by atoms with Gasteiger partial charge in [0.1, 0.15) is 23.1 Å². The fourth-order valence-corrected chi connectivity index (χ4v) is 4.35. The maximum absolute atomic E-state index is 5.65. The Morgan fingerprint density at radius 1 is 0.833 bits per heavy atom. The molecule has 0 aliphatic rings. The van der Waals surface area contributed by atoms with Gasteiger partial charge in [-0.2, -0.15) is 9.61 Å². The van der Waals surface area contributed by atoms with Crippen molar-refractivity contribution in [2.75, 3.05) is 46.3 Å². The molecule has 0 radical (unpaired) electrons. The van der Waals surface area contributed by atoms with Gasteiger partial charge < -0.3 is 24.8 Å². The van der Waals surface area contributed by atoms with Crippen molar-refractivity contribution in [1.29, 1.82) is 0 Å². The van der Waals surface area contributed by atoms with Crippen LogP contribution in [0.5, 0.6) is 17.2 Å². The Kier molecular flexibility index (Phi) is 7.95. The number of fused-ring (bicyclic) bond motifs is 1. The molecule has 0 aliphatic carbocycles. The fourth-order valence-electron chi connectivity index (χ4n) is 4.35. The van der Waals surface area contributed by atoms with E-state index in [1.807, 2.05) is 42.6 Å². The van der Waals surface area contributed by atoms with Crippen LogP contribution in [0.1, 0.15) is 22.5 Å². The van der Waals surface area contributed by atoms with Gasteiger partial charge in [0.15, 0.2) is 5.65 Å². The largest absolute Gasteiger partial charge is 0.497 e. The molecule has 190 valence electrons. The van der Waals surface area contributed by atoms with Gasteiger partial charge in [-0.1, -0.05) is 12.1 Å². The number of methoxy groups -OCH3 is 3. The zero-order valence-corrected chi connectivity index (χ0v) is 21.9. The average molecular weight is 490 g/mol. The molecule has 4 aromatic rings. The summed E-state index contributed by atoms with van der Waals surface area (Å²) in [6.45, 7) is 8.52. The fraction of sp³-hybridized carbons (Fsp3) is 0.357. The highest BCUT2D eigenvalue weighted by Crippen LogP contribution is 2.37. The van der Waals surface area contributed by atoms with Gasteiger partial charge in [-0.15, -0.1) is 0 Å². The third kappa shape index (κ3) is 5.39. The smallest absolute Gasteiger partial charge is 0.165 e. The van der Waals surface area contributed by atoms with Crippen LogP contribution >= 0.6 is 0 Å². The Bertz CT molecular complexity index is 1350. The van der Waals surface area contributed by atoms with Crippen molar-refractivity contribution in [3.05, 3.63) is 65.0 Å². The second-order valence-corrected chi connectivity index (χ2v) is 8.78. The summed E-state index contributed by atoms with van der Waals surface area (Å²) < 4.78 is 18.3. The molecule has 0 aliphatic heterocycles. The molecule has 0 atom stereocenters. The van der Waals surface area contributed by atoms with Crippen LogP contribution in [-0.2, 0) is 6.42 Å². The zero-order chi connectivity index (χ0) is 25.7. The molecule has 2 aromatic heterocycles. The Labute approximate surface area is 212 Å². The maximum atomic E-state index is 5.65. The summed E-state index contributed by atoms with van der Waals surface area (Å²) in [6.07, 6.45) is 0.945. The number of benzene rings is 2. The molecule has 2 aromatic carbocycles. The van der Waals surface area contributed by atoms with E-state index in [-0.39, 0.29) is 0 Å². The molecule has 2 heterocycles. The summed E-state index contributed by atoms with van der Waals surface area (Å²) in [7, 11) is 5.02. The van der Waals surface area contributed by atoms with Gasteiger partial charge in [-0.05, 0) is 63.1 Å². The summed E-state index contributed by atoms with van der Waals surface area (Å²) in [4.78, 5) is 4.81. The van der Waals surface area contributed by atoms with Crippen LogP contribution in [0, 0.1) is 20.8 Å². The highest BCUT2D eigenvalue weighted by Gasteiger charge is 2.19. The number of aryl methyl sites for hydroxylation is 3. The van der Waals surface area contributed by atoms with Crippen molar-refractivity contribution in [2.45, 2.75) is 27.2 Å². The second-order valence-electron chi connectivity index (χ2n) is 8.78. The second kappa shape index (κ2) is 11.3. The number of nitrogens with zero attached hydrogens (tertiary/aromatic N) is 3. The van der Waals surface area contributed by atoms with Crippen molar-refractivity contribution >= 4 is 11.5 Å². The van der Waals surface area contributed by atoms with Crippen LogP contribution in [0.3, 0.4) is 0 Å². The monoisotopic (exact) mass is 489 g/mol. The van der Waals surface area contributed by atoms with Crippen molar-refractivity contribution in [3.63, 3.8) is 0 Å². The molecular weight excluding hydrogens is 454 g/mol. The SMILES string of the molecule is COc1ccc(-c2c(C)nn3c(NCCNCCc4ccc(C)c(OC)c4)cc(C)nc23)c(OC)c1. The van der Waals surface area contributed by atoms with Gasteiger partial charge in [0.05, 0.1) is 32.6 Å². The minimum absolute atomic E-state index is 0.723. The van der Waals surface area contributed by atoms with Gasteiger partial charge in [0.25, 0.3) is 0 Å². The van der Waals surface area contributed by atoms with Crippen molar-refractivity contribution in [1.82, 2.24) is 19.9 Å². The van der Waals surface area contributed by atoms with Gasteiger partial charge in [0, 0.05) is 36.5 Å². The van der Waals surface area contributed by atoms with E-state index < -0.39 is 0 Å². The molecular formula is C28H35N5O3. The number of anilines is 1. The number of ether oxygens (including phenoxy) is 3. The van der Waals surface area contributed by atoms with Gasteiger partial charge in [-0.25, -0.2) is 4.98 Å². The molecule has 0 spiro atoms. The summed E-state index contributed by atoms with van der Waals surface area (Å²) in [5.74, 6) is 3.31. The molecule has 0 saturated heterocycles. The van der Waals surface area contributed by atoms with E-state index in [1.165, 1.54) is 5.56 Å². The molecule has 0 unspecified atom stereocenters. The molecule has 36 heavy (non-hydrogen) atoms. The molecule has 0 amide bonds. The number of nitrogens with one attached hydrogen (secondary N) is 2. The van der Waals surface area contributed by atoms with E-state index in [4.69, 9.17) is 24.3 Å². The predicted molar refractivity (Wildman–Crippen MR) is 144 cm³/mol. The minimum Gasteiger partial charge on any atom is -0.497 e. The van der Waals surface area contributed by atoms with Crippen LogP contribution < -0.4 is 24.8 Å². The van der Waals surface area contributed by atoms with E-state index in [9.17, 15) is 0 Å². The van der Waals surface area contributed by atoms with Crippen LogP contribution in [0.15, 0.2) is 42.5 Å². The summed E-state index contributed by atoms with van der Waals surface area (Å²) in [6, 6.07) is 14.2. The number of hydrogen-bond donors (Lipinski definition) is 2. The highest BCUT2D eigenvalue weighted by molar-refractivity contribution is 5.85. The highest BCUT2D eigenvalue weighted by atomic mass is 16.5. The topological polar surface area (TPSA) is 81.9 Å². The van der Waals surface area contributed by atoms with Crippen molar-refractivity contribution < 1.29 is 14.2 Å².